The first-order valence-electron chi connectivity index (χ1n) is 5.53. The van der Waals surface area contributed by atoms with Gasteiger partial charge in [0.2, 0.25) is 0 Å². The van der Waals surface area contributed by atoms with Crippen LogP contribution >= 0.6 is 0 Å². The largest absolute Gasteiger partial charge is 0.495 e. The Labute approximate surface area is 97.0 Å². The van der Waals surface area contributed by atoms with Crippen LogP contribution in [0.3, 0.4) is 0 Å². The van der Waals surface area contributed by atoms with E-state index < -0.39 is 0 Å². The van der Waals surface area contributed by atoms with Gasteiger partial charge in [-0.2, -0.15) is 5.26 Å². The van der Waals surface area contributed by atoms with E-state index in [1.165, 1.54) is 0 Å². The van der Waals surface area contributed by atoms with E-state index in [9.17, 15) is 0 Å². The molecule has 1 N–H and O–H groups in total. The van der Waals surface area contributed by atoms with Crippen LogP contribution in [0.15, 0.2) is 18.2 Å². The van der Waals surface area contributed by atoms with Gasteiger partial charge < -0.3 is 10.1 Å². The van der Waals surface area contributed by atoms with Crippen LogP contribution in [0, 0.1) is 17.2 Å². The van der Waals surface area contributed by atoms with E-state index in [2.05, 4.69) is 25.2 Å². The van der Waals surface area contributed by atoms with Crippen molar-refractivity contribution in [3.05, 3.63) is 23.8 Å². The average Bonchev–Trinajstić information content (AvgIpc) is 2.35. The summed E-state index contributed by atoms with van der Waals surface area (Å²) in [7, 11) is 1.62. The lowest BCUT2D eigenvalue weighted by molar-refractivity contribution is 0.416. The maximum atomic E-state index is 9.02. The highest BCUT2D eigenvalue weighted by Gasteiger charge is 2.09. The third-order valence-electron chi connectivity index (χ3n) is 2.69. The van der Waals surface area contributed by atoms with Gasteiger partial charge in [0.25, 0.3) is 0 Å². The van der Waals surface area contributed by atoms with Gasteiger partial charge in [-0.25, -0.2) is 0 Å². The Bertz CT molecular complexity index is 382. The zero-order chi connectivity index (χ0) is 12.0. The summed E-state index contributed by atoms with van der Waals surface area (Å²) in [6.07, 6.45) is 1.12. The molecule has 0 heterocycles. The van der Waals surface area contributed by atoms with Crippen molar-refractivity contribution in [3.8, 4) is 11.8 Å². The molecule has 0 aliphatic rings. The lowest BCUT2D eigenvalue weighted by atomic mass is 10.1. The molecule has 0 aliphatic carbocycles. The molecule has 1 rings (SSSR count). The first kappa shape index (κ1) is 12.4. The van der Waals surface area contributed by atoms with Crippen LogP contribution in [0.2, 0.25) is 0 Å². The second-order valence-corrected chi connectivity index (χ2v) is 3.89. The van der Waals surface area contributed by atoms with E-state index in [4.69, 9.17) is 10.00 Å². The Morgan fingerprint density at radius 3 is 2.81 bits per heavy atom. The minimum Gasteiger partial charge on any atom is -0.495 e. The number of para-hydroxylation sites is 1. The molecule has 0 fully saturated rings. The van der Waals surface area contributed by atoms with Crippen molar-refractivity contribution in [1.82, 2.24) is 0 Å². The molecule has 0 saturated heterocycles. The van der Waals surface area contributed by atoms with Gasteiger partial charge in [0, 0.05) is 6.54 Å². The molecule has 0 radical (unpaired) electrons. The number of nitrogens with zero attached hydrogens (tertiary/aromatic N) is 1. The number of rotatable bonds is 5. The first-order valence-corrected chi connectivity index (χ1v) is 5.53. The second kappa shape index (κ2) is 6.02. The third-order valence-corrected chi connectivity index (χ3v) is 2.69. The van der Waals surface area contributed by atoms with Crippen LogP contribution in [-0.2, 0) is 0 Å². The summed E-state index contributed by atoms with van der Waals surface area (Å²) in [6.45, 7) is 5.18. The quantitative estimate of drug-likeness (QED) is 0.826. The first-order chi connectivity index (χ1) is 7.72. The molecule has 0 aromatic heterocycles. The molecule has 3 nitrogen and oxygen atoms in total. The normalized spacial score (nSPS) is 11.6. The SMILES string of the molecule is CCC(C)CNc1c(C#N)cccc1OC. The summed E-state index contributed by atoms with van der Waals surface area (Å²) in [5.74, 6) is 1.30. The Morgan fingerprint density at radius 1 is 1.50 bits per heavy atom. The van der Waals surface area contributed by atoms with E-state index in [-0.39, 0.29) is 0 Å². The number of benzene rings is 1. The zero-order valence-corrected chi connectivity index (χ0v) is 10.1. The molecule has 1 atom stereocenters. The van der Waals surface area contributed by atoms with Gasteiger partial charge in [-0.3, -0.25) is 0 Å². The fraction of sp³-hybridized carbons (Fsp3) is 0.462. The summed E-state index contributed by atoms with van der Waals surface area (Å²) in [5.41, 5.74) is 1.43. The Balaban J connectivity index is 2.88. The number of nitrogens with one attached hydrogen (secondary N) is 1. The van der Waals surface area contributed by atoms with Gasteiger partial charge in [0.05, 0.1) is 18.4 Å². The average molecular weight is 218 g/mol. The summed E-state index contributed by atoms with van der Waals surface area (Å²) in [5, 5.41) is 12.3. The fourth-order valence-corrected chi connectivity index (χ4v) is 1.40. The molecule has 0 aliphatic heterocycles. The minimum atomic E-state index is 0.580. The Kier molecular flexibility index (Phi) is 4.65. The van der Waals surface area contributed by atoms with Crippen molar-refractivity contribution < 1.29 is 4.74 Å². The van der Waals surface area contributed by atoms with Crippen molar-refractivity contribution >= 4 is 5.69 Å². The van der Waals surface area contributed by atoms with Crippen molar-refractivity contribution in [2.24, 2.45) is 5.92 Å². The van der Waals surface area contributed by atoms with Crippen LogP contribution in [0.25, 0.3) is 0 Å². The highest BCUT2D eigenvalue weighted by Crippen LogP contribution is 2.27. The maximum absolute atomic E-state index is 9.02. The van der Waals surface area contributed by atoms with Gasteiger partial charge in [0.1, 0.15) is 11.8 Å². The lowest BCUT2D eigenvalue weighted by Crippen LogP contribution is -2.12. The van der Waals surface area contributed by atoms with Gasteiger partial charge in [-0.15, -0.1) is 0 Å². The van der Waals surface area contributed by atoms with E-state index in [1.54, 1.807) is 13.2 Å². The topological polar surface area (TPSA) is 45.0 Å². The van der Waals surface area contributed by atoms with E-state index >= 15 is 0 Å². The molecule has 0 spiro atoms. The van der Waals surface area contributed by atoms with Crippen LogP contribution < -0.4 is 10.1 Å². The van der Waals surface area contributed by atoms with Gasteiger partial charge in [0.15, 0.2) is 0 Å². The number of hydrogen-bond acceptors (Lipinski definition) is 3. The molecular weight excluding hydrogens is 200 g/mol. The van der Waals surface area contributed by atoms with Crippen molar-refractivity contribution in [2.75, 3.05) is 19.0 Å². The van der Waals surface area contributed by atoms with E-state index in [0.29, 0.717) is 11.5 Å². The third kappa shape index (κ3) is 2.90. The predicted octanol–water partition coefficient (Wildman–Crippen LogP) is 3.02. The fourth-order valence-electron chi connectivity index (χ4n) is 1.40. The molecule has 1 aromatic rings. The second-order valence-electron chi connectivity index (χ2n) is 3.89. The zero-order valence-electron chi connectivity index (χ0n) is 10.1. The number of hydrogen-bond donors (Lipinski definition) is 1. The Hall–Kier alpha value is -1.69. The monoisotopic (exact) mass is 218 g/mol. The molecule has 16 heavy (non-hydrogen) atoms. The summed E-state index contributed by atoms with van der Waals surface area (Å²) in [4.78, 5) is 0. The smallest absolute Gasteiger partial charge is 0.143 e. The highest BCUT2D eigenvalue weighted by atomic mass is 16.5. The lowest BCUT2D eigenvalue weighted by Gasteiger charge is -2.15. The molecule has 0 saturated carbocycles. The van der Waals surface area contributed by atoms with Crippen molar-refractivity contribution in [1.29, 1.82) is 5.26 Å². The van der Waals surface area contributed by atoms with Gasteiger partial charge in [-0.1, -0.05) is 26.3 Å². The molecule has 86 valence electrons. The van der Waals surface area contributed by atoms with Gasteiger partial charge >= 0.3 is 0 Å². The summed E-state index contributed by atoms with van der Waals surface area (Å²) in [6, 6.07) is 7.65. The standard InChI is InChI=1S/C13H18N2O/c1-4-10(2)9-15-13-11(8-14)6-5-7-12(13)16-3/h5-7,10,15H,4,9H2,1-3H3. The molecule has 1 aromatic carbocycles. The number of methoxy groups -OCH3 is 1. The van der Waals surface area contributed by atoms with Crippen LogP contribution in [0.1, 0.15) is 25.8 Å². The van der Waals surface area contributed by atoms with Crippen molar-refractivity contribution in [2.45, 2.75) is 20.3 Å². The summed E-state index contributed by atoms with van der Waals surface area (Å²) < 4.78 is 5.24. The summed E-state index contributed by atoms with van der Waals surface area (Å²) >= 11 is 0. The number of nitriles is 1. The maximum Gasteiger partial charge on any atom is 0.143 e. The molecule has 3 heteroatoms. The van der Waals surface area contributed by atoms with E-state index in [1.807, 2.05) is 12.1 Å². The predicted molar refractivity (Wildman–Crippen MR) is 65.7 cm³/mol. The van der Waals surface area contributed by atoms with Crippen LogP contribution in [0.5, 0.6) is 5.75 Å². The van der Waals surface area contributed by atoms with Crippen molar-refractivity contribution in [3.63, 3.8) is 0 Å². The van der Waals surface area contributed by atoms with Crippen LogP contribution in [-0.4, -0.2) is 13.7 Å². The molecule has 1 unspecified atom stereocenters. The molecule has 0 bridgehead atoms. The molecule has 0 amide bonds. The minimum absolute atomic E-state index is 0.580. The highest BCUT2D eigenvalue weighted by molar-refractivity contribution is 5.66. The Morgan fingerprint density at radius 2 is 2.25 bits per heavy atom. The number of ether oxygens (including phenoxy) is 1. The number of anilines is 1. The molecular formula is C13H18N2O. The van der Waals surface area contributed by atoms with E-state index in [0.717, 1.165) is 24.4 Å². The van der Waals surface area contributed by atoms with Gasteiger partial charge in [-0.05, 0) is 18.1 Å². The van der Waals surface area contributed by atoms with Crippen LogP contribution in [0.4, 0.5) is 5.69 Å².